The fourth-order valence-corrected chi connectivity index (χ4v) is 5.88. The molecule has 1 aliphatic rings. The molecule has 10 heteroatoms. The van der Waals surface area contributed by atoms with Crippen molar-refractivity contribution in [1.82, 2.24) is 19.4 Å². The largest absolute Gasteiger partial charge is 0.360 e. The summed E-state index contributed by atoms with van der Waals surface area (Å²) in [5.74, 6) is 1.20. The second-order valence-corrected chi connectivity index (χ2v) is 9.43. The second kappa shape index (κ2) is 6.29. The Morgan fingerprint density at radius 1 is 1.12 bits per heavy atom. The molecule has 0 bridgehead atoms. The summed E-state index contributed by atoms with van der Waals surface area (Å²) in [6, 6.07) is 2.09. The Bertz CT molecular complexity index is 1050. The van der Waals surface area contributed by atoms with Crippen molar-refractivity contribution < 1.29 is 12.9 Å². The molecule has 3 aromatic heterocycles. The maximum atomic E-state index is 12.9. The molecule has 0 N–H and O–H groups in total. The van der Waals surface area contributed by atoms with E-state index >= 15 is 0 Å². The van der Waals surface area contributed by atoms with E-state index in [1.165, 1.54) is 9.18 Å². The van der Waals surface area contributed by atoms with Crippen molar-refractivity contribution in [3.63, 3.8) is 0 Å². The van der Waals surface area contributed by atoms with Crippen LogP contribution in [0.15, 0.2) is 21.8 Å². The molecular formula is C16H19N5O3S2. The van der Waals surface area contributed by atoms with Crippen LogP contribution in [0.3, 0.4) is 0 Å². The van der Waals surface area contributed by atoms with Gasteiger partial charge in [-0.2, -0.15) is 4.31 Å². The summed E-state index contributed by atoms with van der Waals surface area (Å²) < 4.78 is 32.4. The van der Waals surface area contributed by atoms with E-state index in [1.54, 1.807) is 31.5 Å². The third-order valence-electron chi connectivity index (χ3n) is 4.54. The number of thiophene rings is 1. The Hall–Kier alpha value is -2.04. The molecule has 0 radical (unpaired) electrons. The zero-order valence-corrected chi connectivity index (χ0v) is 16.4. The van der Waals surface area contributed by atoms with E-state index in [-0.39, 0.29) is 4.90 Å². The molecule has 0 saturated carbocycles. The van der Waals surface area contributed by atoms with Gasteiger partial charge < -0.3 is 9.42 Å². The average molecular weight is 393 g/mol. The zero-order valence-electron chi connectivity index (χ0n) is 14.8. The second-order valence-electron chi connectivity index (χ2n) is 6.32. The minimum Gasteiger partial charge on any atom is -0.360 e. The van der Waals surface area contributed by atoms with Crippen molar-refractivity contribution in [2.45, 2.75) is 25.7 Å². The molecule has 1 saturated heterocycles. The van der Waals surface area contributed by atoms with E-state index < -0.39 is 10.0 Å². The third-order valence-corrected chi connectivity index (χ3v) is 7.64. The smallest absolute Gasteiger partial charge is 0.248 e. The number of aromatic nitrogens is 3. The number of fused-ring (bicyclic) bond motifs is 1. The topological polar surface area (TPSA) is 92.4 Å². The van der Waals surface area contributed by atoms with Crippen LogP contribution in [0, 0.1) is 20.8 Å². The molecular weight excluding hydrogens is 374 g/mol. The highest BCUT2D eigenvalue weighted by Crippen LogP contribution is 2.31. The van der Waals surface area contributed by atoms with Gasteiger partial charge in [0.2, 0.25) is 10.0 Å². The van der Waals surface area contributed by atoms with Crippen LogP contribution in [0.4, 0.5) is 5.82 Å². The first-order valence-corrected chi connectivity index (χ1v) is 10.5. The van der Waals surface area contributed by atoms with Crippen LogP contribution >= 0.6 is 11.3 Å². The van der Waals surface area contributed by atoms with Crippen LogP contribution in [0.2, 0.25) is 0 Å². The van der Waals surface area contributed by atoms with Gasteiger partial charge in [-0.05, 0) is 26.8 Å². The van der Waals surface area contributed by atoms with Crippen LogP contribution in [0.25, 0.3) is 10.2 Å². The lowest BCUT2D eigenvalue weighted by Gasteiger charge is -2.34. The van der Waals surface area contributed by atoms with E-state index in [0.29, 0.717) is 37.6 Å². The molecule has 3 aromatic rings. The Labute approximate surface area is 155 Å². The Morgan fingerprint density at radius 2 is 1.85 bits per heavy atom. The molecule has 0 aliphatic carbocycles. The summed E-state index contributed by atoms with van der Waals surface area (Å²) in [6.07, 6.45) is 1.57. The molecule has 1 aliphatic heterocycles. The quantitative estimate of drug-likeness (QED) is 0.673. The van der Waals surface area contributed by atoms with Gasteiger partial charge in [0.05, 0.1) is 5.39 Å². The van der Waals surface area contributed by atoms with Crippen molar-refractivity contribution in [2.24, 2.45) is 0 Å². The number of hydrogen-bond donors (Lipinski definition) is 0. The van der Waals surface area contributed by atoms with E-state index in [1.807, 2.05) is 6.92 Å². The van der Waals surface area contributed by atoms with Gasteiger partial charge in [0, 0.05) is 31.1 Å². The highest BCUT2D eigenvalue weighted by atomic mass is 32.2. The monoisotopic (exact) mass is 393 g/mol. The molecule has 8 nitrogen and oxygen atoms in total. The van der Waals surface area contributed by atoms with E-state index in [2.05, 4.69) is 26.1 Å². The molecule has 0 amide bonds. The number of aryl methyl sites for hydroxylation is 3. The first kappa shape index (κ1) is 17.4. The minimum atomic E-state index is -3.60. The molecule has 0 unspecified atom stereocenters. The van der Waals surface area contributed by atoms with Gasteiger partial charge >= 0.3 is 0 Å². The van der Waals surface area contributed by atoms with Crippen LogP contribution in [-0.4, -0.2) is 54.0 Å². The van der Waals surface area contributed by atoms with E-state index in [4.69, 9.17) is 4.52 Å². The lowest BCUT2D eigenvalue weighted by Crippen LogP contribution is -2.49. The fourth-order valence-electron chi connectivity index (χ4n) is 3.33. The van der Waals surface area contributed by atoms with E-state index in [0.717, 1.165) is 16.0 Å². The molecule has 0 spiro atoms. The third kappa shape index (κ3) is 2.78. The normalized spacial score (nSPS) is 16.5. The SMILES string of the molecule is Cc1cc2c(N3CCN(S(=O)(=O)c4c(C)noc4C)CC3)ncnc2s1. The van der Waals surface area contributed by atoms with Gasteiger partial charge in [-0.25, -0.2) is 18.4 Å². The predicted octanol–water partition coefficient (Wildman–Crippen LogP) is 2.12. The highest BCUT2D eigenvalue weighted by molar-refractivity contribution is 7.89. The van der Waals surface area contributed by atoms with Gasteiger partial charge in [-0.1, -0.05) is 5.16 Å². The Kier molecular flexibility index (Phi) is 4.20. The van der Waals surface area contributed by atoms with Gasteiger partial charge in [-0.3, -0.25) is 0 Å². The van der Waals surface area contributed by atoms with Crippen LogP contribution in [0.1, 0.15) is 16.3 Å². The maximum absolute atomic E-state index is 12.9. The Balaban J connectivity index is 1.57. The van der Waals surface area contributed by atoms with Crippen molar-refractivity contribution >= 4 is 37.4 Å². The number of anilines is 1. The average Bonchev–Trinajstić information content (AvgIpc) is 3.16. The van der Waals surface area contributed by atoms with Crippen molar-refractivity contribution in [1.29, 1.82) is 0 Å². The van der Waals surface area contributed by atoms with Gasteiger partial charge in [-0.15, -0.1) is 11.3 Å². The molecule has 0 atom stereocenters. The molecule has 4 heterocycles. The molecule has 4 rings (SSSR count). The number of piperazine rings is 1. The summed E-state index contributed by atoms with van der Waals surface area (Å²) in [5, 5.41) is 4.79. The van der Waals surface area contributed by atoms with Crippen molar-refractivity contribution in [3.8, 4) is 0 Å². The van der Waals surface area contributed by atoms with Crippen LogP contribution in [0.5, 0.6) is 0 Å². The summed E-state index contributed by atoms with van der Waals surface area (Å²) in [6.45, 7) is 7.25. The summed E-state index contributed by atoms with van der Waals surface area (Å²) in [5.41, 5.74) is 0.399. The van der Waals surface area contributed by atoms with Crippen LogP contribution < -0.4 is 4.90 Å². The number of rotatable bonds is 3. The van der Waals surface area contributed by atoms with Gasteiger partial charge in [0.1, 0.15) is 27.6 Å². The number of sulfonamides is 1. The number of nitrogens with zero attached hydrogens (tertiary/aromatic N) is 5. The minimum absolute atomic E-state index is 0.184. The first-order chi connectivity index (χ1) is 12.4. The zero-order chi connectivity index (χ0) is 18.5. The van der Waals surface area contributed by atoms with Crippen LogP contribution in [-0.2, 0) is 10.0 Å². The summed E-state index contributed by atoms with van der Waals surface area (Å²) >= 11 is 1.64. The van der Waals surface area contributed by atoms with Crippen molar-refractivity contribution in [3.05, 3.63) is 28.7 Å². The first-order valence-electron chi connectivity index (χ1n) is 8.27. The lowest BCUT2D eigenvalue weighted by atomic mass is 10.3. The van der Waals surface area contributed by atoms with Gasteiger partial charge in [0.15, 0.2) is 5.76 Å². The predicted molar refractivity (Wildman–Crippen MR) is 99.1 cm³/mol. The fraction of sp³-hybridized carbons (Fsp3) is 0.438. The van der Waals surface area contributed by atoms with Crippen molar-refractivity contribution in [2.75, 3.05) is 31.1 Å². The maximum Gasteiger partial charge on any atom is 0.248 e. The Morgan fingerprint density at radius 3 is 2.50 bits per heavy atom. The molecule has 26 heavy (non-hydrogen) atoms. The lowest BCUT2D eigenvalue weighted by molar-refractivity contribution is 0.378. The molecule has 138 valence electrons. The molecule has 1 fully saturated rings. The number of hydrogen-bond acceptors (Lipinski definition) is 8. The molecule has 0 aromatic carbocycles. The highest BCUT2D eigenvalue weighted by Gasteiger charge is 2.33. The van der Waals surface area contributed by atoms with E-state index in [9.17, 15) is 8.42 Å². The van der Waals surface area contributed by atoms with Gasteiger partial charge in [0.25, 0.3) is 0 Å². The standard InChI is InChI=1S/C16H19N5O3S2/c1-10-8-13-15(17-9-18-16(13)25-10)20-4-6-21(7-5-20)26(22,23)14-11(2)19-24-12(14)3/h8-9H,4-7H2,1-3H3. The summed E-state index contributed by atoms with van der Waals surface area (Å²) in [7, 11) is -3.60. The summed E-state index contributed by atoms with van der Waals surface area (Å²) in [4.78, 5) is 13.2.